The highest BCUT2D eigenvalue weighted by molar-refractivity contribution is 7.09. The first-order valence-electron chi connectivity index (χ1n) is 5.38. The summed E-state index contributed by atoms with van der Waals surface area (Å²) in [5.41, 5.74) is 1.24. The maximum absolute atomic E-state index is 5.61. The normalized spacial score (nSPS) is 24.0. The lowest BCUT2D eigenvalue weighted by Gasteiger charge is -2.05. The van der Waals surface area contributed by atoms with Crippen molar-refractivity contribution in [2.45, 2.75) is 45.1 Å². The molecule has 2 heterocycles. The van der Waals surface area contributed by atoms with Crippen molar-refractivity contribution in [1.82, 2.24) is 4.98 Å². The molecule has 3 heteroatoms. The number of hydrogen-bond acceptors (Lipinski definition) is 3. The van der Waals surface area contributed by atoms with Gasteiger partial charge in [0.2, 0.25) is 0 Å². The SMILES string of the molecule is CC[C@H](C)c1csc([C@H]2CCCO2)n1. The van der Waals surface area contributed by atoms with Crippen LogP contribution in [0, 0.1) is 0 Å². The van der Waals surface area contributed by atoms with Crippen LogP contribution in [0.5, 0.6) is 0 Å². The summed E-state index contributed by atoms with van der Waals surface area (Å²) in [4.78, 5) is 4.66. The lowest BCUT2D eigenvalue weighted by Crippen LogP contribution is -1.97. The fourth-order valence-electron chi connectivity index (χ4n) is 1.66. The molecule has 78 valence electrons. The quantitative estimate of drug-likeness (QED) is 0.763. The van der Waals surface area contributed by atoms with E-state index in [0.29, 0.717) is 5.92 Å². The number of ether oxygens (including phenoxy) is 1. The predicted octanol–water partition coefficient (Wildman–Crippen LogP) is 3.51. The topological polar surface area (TPSA) is 22.1 Å². The maximum Gasteiger partial charge on any atom is 0.122 e. The van der Waals surface area contributed by atoms with Gasteiger partial charge in [-0.25, -0.2) is 4.98 Å². The number of thiazole rings is 1. The predicted molar refractivity (Wildman–Crippen MR) is 58.7 cm³/mol. The minimum Gasteiger partial charge on any atom is -0.371 e. The highest BCUT2D eigenvalue weighted by atomic mass is 32.1. The molecule has 0 amide bonds. The Morgan fingerprint density at radius 3 is 3.21 bits per heavy atom. The Bertz CT molecular complexity index is 291. The van der Waals surface area contributed by atoms with Crippen LogP contribution in [0.1, 0.15) is 55.8 Å². The largest absolute Gasteiger partial charge is 0.371 e. The van der Waals surface area contributed by atoms with Crippen LogP contribution >= 0.6 is 11.3 Å². The molecule has 0 N–H and O–H groups in total. The Labute approximate surface area is 89.3 Å². The highest BCUT2D eigenvalue weighted by Crippen LogP contribution is 2.32. The van der Waals surface area contributed by atoms with Crippen LogP contribution in [-0.4, -0.2) is 11.6 Å². The molecule has 0 saturated carbocycles. The third-order valence-corrected chi connectivity index (χ3v) is 3.82. The standard InChI is InChI=1S/C11H17NOS/c1-3-8(2)9-7-14-11(12-9)10-5-4-6-13-10/h7-8,10H,3-6H2,1-2H3/t8-,10+/m0/s1. The van der Waals surface area contributed by atoms with Gasteiger partial charge in [-0.05, 0) is 25.2 Å². The number of rotatable bonds is 3. The van der Waals surface area contributed by atoms with E-state index in [1.54, 1.807) is 11.3 Å². The Morgan fingerprint density at radius 1 is 1.71 bits per heavy atom. The first kappa shape index (κ1) is 10.1. The van der Waals surface area contributed by atoms with Gasteiger partial charge in [-0.15, -0.1) is 11.3 Å². The van der Waals surface area contributed by atoms with Gasteiger partial charge in [-0.1, -0.05) is 13.8 Å². The Hall–Kier alpha value is -0.410. The molecule has 1 aliphatic heterocycles. The van der Waals surface area contributed by atoms with Gasteiger partial charge in [0.25, 0.3) is 0 Å². The molecular weight excluding hydrogens is 194 g/mol. The number of aromatic nitrogens is 1. The van der Waals surface area contributed by atoms with E-state index in [1.165, 1.54) is 17.1 Å². The molecule has 0 unspecified atom stereocenters. The number of nitrogens with zero attached hydrogens (tertiary/aromatic N) is 1. The van der Waals surface area contributed by atoms with Crippen LogP contribution in [0.3, 0.4) is 0 Å². The molecule has 1 saturated heterocycles. The molecule has 2 rings (SSSR count). The zero-order valence-electron chi connectivity index (χ0n) is 8.82. The van der Waals surface area contributed by atoms with Crippen molar-refractivity contribution in [2.75, 3.05) is 6.61 Å². The van der Waals surface area contributed by atoms with Crippen molar-refractivity contribution >= 4 is 11.3 Å². The summed E-state index contributed by atoms with van der Waals surface area (Å²) in [6.45, 7) is 5.34. The minimum atomic E-state index is 0.290. The molecular formula is C11H17NOS. The molecule has 2 atom stereocenters. The molecule has 1 aromatic heterocycles. The first-order valence-corrected chi connectivity index (χ1v) is 6.26. The maximum atomic E-state index is 5.61. The lowest BCUT2D eigenvalue weighted by molar-refractivity contribution is 0.111. The van der Waals surface area contributed by atoms with E-state index in [0.717, 1.165) is 19.4 Å². The molecule has 0 radical (unpaired) electrons. The molecule has 1 aromatic rings. The third kappa shape index (κ3) is 1.98. The fourth-order valence-corrected chi connectivity index (χ4v) is 2.68. The van der Waals surface area contributed by atoms with Gasteiger partial charge >= 0.3 is 0 Å². The molecule has 0 bridgehead atoms. The minimum absolute atomic E-state index is 0.290. The number of hydrogen-bond donors (Lipinski definition) is 0. The van der Waals surface area contributed by atoms with Gasteiger partial charge in [0, 0.05) is 12.0 Å². The summed E-state index contributed by atoms with van der Waals surface area (Å²) < 4.78 is 5.61. The second-order valence-electron chi connectivity index (χ2n) is 3.92. The molecule has 14 heavy (non-hydrogen) atoms. The molecule has 0 spiro atoms. The first-order chi connectivity index (χ1) is 6.81. The summed E-state index contributed by atoms with van der Waals surface area (Å²) in [7, 11) is 0. The van der Waals surface area contributed by atoms with Crippen LogP contribution in [0.25, 0.3) is 0 Å². The Kier molecular flexibility index (Phi) is 3.19. The van der Waals surface area contributed by atoms with Crippen molar-refractivity contribution < 1.29 is 4.74 Å². The summed E-state index contributed by atoms with van der Waals surface area (Å²) in [6, 6.07) is 0. The van der Waals surface area contributed by atoms with Gasteiger partial charge in [-0.2, -0.15) is 0 Å². The second kappa shape index (κ2) is 4.41. The fraction of sp³-hybridized carbons (Fsp3) is 0.727. The van der Waals surface area contributed by atoms with Crippen LogP contribution in [0.2, 0.25) is 0 Å². The summed E-state index contributed by atoms with van der Waals surface area (Å²) in [5, 5.41) is 3.36. The van der Waals surface area contributed by atoms with E-state index in [9.17, 15) is 0 Å². The third-order valence-electron chi connectivity index (χ3n) is 2.86. The second-order valence-corrected chi connectivity index (χ2v) is 4.81. The van der Waals surface area contributed by atoms with Crippen molar-refractivity contribution in [3.05, 3.63) is 16.1 Å². The van der Waals surface area contributed by atoms with Gasteiger partial charge in [0.1, 0.15) is 11.1 Å². The highest BCUT2D eigenvalue weighted by Gasteiger charge is 2.21. The van der Waals surface area contributed by atoms with E-state index >= 15 is 0 Å². The van der Waals surface area contributed by atoms with Crippen LogP contribution in [-0.2, 0) is 4.74 Å². The van der Waals surface area contributed by atoms with Gasteiger partial charge < -0.3 is 4.74 Å². The van der Waals surface area contributed by atoms with E-state index in [-0.39, 0.29) is 6.10 Å². The lowest BCUT2D eigenvalue weighted by atomic mass is 10.1. The van der Waals surface area contributed by atoms with Crippen molar-refractivity contribution in [2.24, 2.45) is 0 Å². The van der Waals surface area contributed by atoms with E-state index < -0.39 is 0 Å². The molecule has 0 aromatic carbocycles. The Morgan fingerprint density at radius 2 is 2.57 bits per heavy atom. The van der Waals surface area contributed by atoms with Crippen molar-refractivity contribution in [1.29, 1.82) is 0 Å². The molecule has 2 nitrogen and oxygen atoms in total. The summed E-state index contributed by atoms with van der Waals surface area (Å²) >= 11 is 1.75. The van der Waals surface area contributed by atoms with Crippen LogP contribution in [0.15, 0.2) is 5.38 Å². The smallest absolute Gasteiger partial charge is 0.122 e. The zero-order valence-corrected chi connectivity index (χ0v) is 9.64. The van der Waals surface area contributed by atoms with E-state index in [4.69, 9.17) is 4.74 Å². The van der Waals surface area contributed by atoms with Gasteiger partial charge in [0.15, 0.2) is 0 Å². The molecule has 1 fully saturated rings. The average Bonchev–Trinajstić information content (AvgIpc) is 2.86. The van der Waals surface area contributed by atoms with Gasteiger partial charge in [0.05, 0.1) is 5.69 Å². The van der Waals surface area contributed by atoms with E-state index in [2.05, 4.69) is 24.2 Å². The van der Waals surface area contributed by atoms with Crippen molar-refractivity contribution in [3.8, 4) is 0 Å². The molecule has 0 aliphatic carbocycles. The average molecular weight is 211 g/mol. The summed E-state index contributed by atoms with van der Waals surface area (Å²) in [5.74, 6) is 0.585. The monoisotopic (exact) mass is 211 g/mol. The molecule has 1 aliphatic rings. The van der Waals surface area contributed by atoms with Crippen LogP contribution < -0.4 is 0 Å². The van der Waals surface area contributed by atoms with Crippen LogP contribution in [0.4, 0.5) is 0 Å². The van der Waals surface area contributed by atoms with Gasteiger partial charge in [-0.3, -0.25) is 0 Å². The van der Waals surface area contributed by atoms with E-state index in [1.807, 2.05) is 0 Å². The Balaban J connectivity index is 2.08. The zero-order chi connectivity index (χ0) is 9.97. The summed E-state index contributed by atoms with van der Waals surface area (Å²) in [6.07, 6.45) is 3.78. The van der Waals surface area contributed by atoms with Crippen molar-refractivity contribution in [3.63, 3.8) is 0 Å².